The van der Waals surface area contributed by atoms with Crippen LogP contribution in [0.3, 0.4) is 0 Å². The largest absolute Gasteiger partial charge is 0.361 e. The number of para-hydroxylation sites is 2. The predicted octanol–water partition coefficient (Wildman–Crippen LogP) is 6.35. The summed E-state index contributed by atoms with van der Waals surface area (Å²) in [4.78, 5) is 21.0. The Morgan fingerprint density at radius 1 is 0.938 bits per heavy atom. The number of aromatic nitrogens is 1. The highest BCUT2D eigenvalue weighted by molar-refractivity contribution is 6.08. The topological polar surface area (TPSA) is 51.4 Å². The minimum atomic E-state index is -0.182. The highest BCUT2D eigenvalue weighted by Gasteiger charge is 2.23. The van der Waals surface area contributed by atoms with Crippen molar-refractivity contribution in [3.63, 3.8) is 0 Å². The number of likely N-dealkylation sites (tertiary alicyclic amines) is 1. The lowest BCUT2D eigenvalue weighted by Crippen LogP contribution is -2.30. The van der Waals surface area contributed by atoms with Crippen LogP contribution in [-0.2, 0) is 0 Å². The average molecular weight is 425 g/mol. The van der Waals surface area contributed by atoms with Crippen LogP contribution >= 0.6 is 0 Å². The monoisotopic (exact) mass is 424 g/mol. The third-order valence-corrected chi connectivity index (χ3v) is 6.36. The van der Waals surface area contributed by atoms with E-state index in [1.165, 1.54) is 10.9 Å². The van der Waals surface area contributed by atoms with Gasteiger partial charge in [-0.15, -0.1) is 0 Å². The molecule has 1 aliphatic rings. The number of benzene rings is 3. The smallest absolute Gasteiger partial charge is 0.330 e. The number of aromatic amines is 1. The van der Waals surface area contributed by atoms with E-state index in [9.17, 15) is 4.79 Å². The van der Waals surface area contributed by atoms with E-state index in [1.54, 1.807) is 4.90 Å². The number of fused-ring (bicyclic) bond motifs is 1. The van der Waals surface area contributed by atoms with Gasteiger partial charge in [0.15, 0.2) is 0 Å². The van der Waals surface area contributed by atoms with E-state index in [1.807, 2.05) is 66.7 Å². The predicted molar refractivity (Wildman–Crippen MR) is 132 cm³/mol. The summed E-state index contributed by atoms with van der Waals surface area (Å²) in [7, 11) is 2.19. The van der Waals surface area contributed by atoms with Gasteiger partial charge in [-0.3, -0.25) is 4.90 Å². The van der Waals surface area contributed by atoms with Crippen LogP contribution in [0.4, 0.5) is 21.9 Å². The Morgan fingerprint density at radius 2 is 1.62 bits per heavy atom. The van der Waals surface area contributed by atoms with Crippen molar-refractivity contribution in [2.75, 3.05) is 30.4 Å². The molecule has 3 aromatic carbocycles. The first-order valence-electron chi connectivity index (χ1n) is 11.2. The molecule has 5 nitrogen and oxygen atoms in total. The van der Waals surface area contributed by atoms with Gasteiger partial charge in [-0.2, -0.15) is 0 Å². The van der Waals surface area contributed by atoms with Gasteiger partial charge in [0, 0.05) is 22.8 Å². The molecule has 1 aromatic heterocycles. The van der Waals surface area contributed by atoms with E-state index >= 15 is 0 Å². The summed E-state index contributed by atoms with van der Waals surface area (Å²) in [5.74, 6) is 0.540. The van der Waals surface area contributed by atoms with E-state index in [0.29, 0.717) is 5.92 Å². The number of anilines is 3. The molecule has 2 amide bonds. The first-order valence-corrected chi connectivity index (χ1v) is 11.2. The van der Waals surface area contributed by atoms with Crippen LogP contribution in [0.15, 0.2) is 85.1 Å². The van der Waals surface area contributed by atoms with Crippen molar-refractivity contribution in [1.29, 1.82) is 0 Å². The second-order valence-corrected chi connectivity index (χ2v) is 8.52. The number of H-pyrrole nitrogens is 1. The molecule has 5 heteroatoms. The van der Waals surface area contributed by atoms with E-state index in [-0.39, 0.29) is 6.03 Å². The second kappa shape index (κ2) is 8.89. The number of amides is 2. The highest BCUT2D eigenvalue weighted by Crippen LogP contribution is 2.36. The van der Waals surface area contributed by atoms with Crippen molar-refractivity contribution in [2.24, 2.45) is 0 Å². The summed E-state index contributed by atoms with van der Waals surface area (Å²) in [6.07, 6.45) is 4.47. The maximum absolute atomic E-state index is 13.4. The zero-order valence-corrected chi connectivity index (χ0v) is 18.3. The fourth-order valence-electron chi connectivity index (χ4n) is 4.59. The molecule has 162 valence electrons. The molecule has 0 atom stereocenters. The van der Waals surface area contributed by atoms with E-state index < -0.39 is 0 Å². The molecule has 0 radical (unpaired) electrons. The van der Waals surface area contributed by atoms with Gasteiger partial charge in [0.1, 0.15) is 0 Å². The normalized spacial score (nSPS) is 15.0. The molecule has 4 aromatic rings. The molecule has 2 N–H and O–H groups in total. The molecule has 0 unspecified atom stereocenters. The van der Waals surface area contributed by atoms with Gasteiger partial charge in [0.2, 0.25) is 0 Å². The number of carbonyl (C=O) groups is 1. The number of carbonyl (C=O) groups excluding carboxylic acids is 1. The minimum absolute atomic E-state index is 0.182. The van der Waals surface area contributed by atoms with Crippen molar-refractivity contribution in [1.82, 2.24) is 9.88 Å². The first kappa shape index (κ1) is 20.3. The third kappa shape index (κ3) is 4.12. The maximum atomic E-state index is 13.4. The van der Waals surface area contributed by atoms with Crippen LogP contribution in [0.1, 0.15) is 24.3 Å². The Balaban J connectivity index is 1.53. The van der Waals surface area contributed by atoms with Crippen molar-refractivity contribution >= 4 is 34.0 Å². The van der Waals surface area contributed by atoms with Gasteiger partial charge in [0.25, 0.3) is 0 Å². The van der Waals surface area contributed by atoms with Crippen molar-refractivity contribution < 1.29 is 4.79 Å². The number of rotatable bonds is 4. The van der Waals surface area contributed by atoms with Gasteiger partial charge in [-0.05, 0) is 86.9 Å². The van der Waals surface area contributed by atoms with Crippen LogP contribution < -0.4 is 10.2 Å². The van der Waals surface area contributed by atoms with Crippen molar-refractivity contribution in [3.8, 4) is 0 Å². The molecule has 0 spiro atoms. The Bertz CT molecular complexity index is 1190. The minimum Gasteiger partial charge on any atom is -0.361 e. The summed E-state index contributed by atoms with van der Waals surface area (Å²) in [6.45, 7) is 2.24. The zero-order chi connectivity index (χ0) is 21.9. The van der Waals surface area contributed by atoms with Gasteiger partial charge < -0.3 is 15.2 Å². The molecule has 2 heterocycles. The Labute approximate surface area is 188 Å². The van der Waals surface area contributed by atoms with Crippen LogP contribution in [0, 0.1) is 0 Å². The average Bonchev–Trinajstić information content (AvgIpc) is 3.24. The first-order chi connectivity index (χ1) is 15.7. The number of nitrogens with zero attached hydrogens (tertiary/aromatic N) is 2. The zero-order valence-electron chi connectivity index (χ0n) is 18.3. The van der Waals surface area contributed by atoms with Gasteiger partial charge in [0.05, 0.1) is 11.4 Å². The lowest BCUT2D eigenvalue weighted by Gasteiger charge is -2.29. The van der Waals surface area contributed by atoms with Gasteiger partial charge in [-0.25, -0.2) is 4.79 Å². The molecular formula is C27H28N4O. The fourth-order valence-corrected chi connectivity index (χ4v) is 4.59. The molecule has 5 rings (SSSR count). The SMILES string of the molecule is CN1CCC(c2c[nH]c3ccc(N(C(=O)Nc4ccccc4)c4ccccc4)cc23)CC1. The van der Waals surface area contributed by atoms with Crippen molar-refractivity contribution in [2.45, 2.75) is 18.8 Å². The molecule has 1 saturated heterocycles. The van der Waals surface area contributed by atoms with Crippen LogP contribution in [0.5, 0.6) is 0 Å². The molecule has 1 aliphatic heterocycles. The van der Waals surface area contributed by atoms with Crippen molar-refractivity contribution in [3.05, 3.63) is 90.6 Å². The highest BCUT2D eigenvalue weighted by atomic mass is 16.2. The molecule has 0 saturated carbocycles. The molecule has 32 heavy (non-hydrogen) atoms. The number of piperidine rings is 1. The third-order valence-electron chi connectivity index (χ3n) is 6.36. The van der Waals surface area contributed by atoms with E-state index in [4.69, 9.17) is 0 Å². The van der Waals surface area contributed by atoms with Crippen LogP contribution in [-0.4, -0.2) is 36.1 Å². The Kier molecular flexibility index (Phi) is 5.65. The number of urea groups is 1. The molecule has 0 bridgehead atoms. The fraction of sp³-hybridized carbons (Fsp3) is 0.222. The summed E-state index contributed by atoms with van der Waals surface area (Å²) in [5, 5.41) is 4.24. The number of hydrogen-bond donors (Lipinski definition) is 2. The van der Waals surface area contributed by atoms with Gasteiger partial charge in [-0.1, -0.05) is 36.4 Å². The Hall–Kier alpha value is -3.57. The number of hydrogen-bond acceptors (Lipinski definition) is 2. The standard InChI is InChI=1S/C27H28N4O/c1-30-16-14-20(15-17-30)25-19-28-26-13-12-23(18-24(25)26)31(22-10-6-3-7-11-22)27(32)29-21-8-4-2-5-9-21/h2-13,18-20,28H,14-17H2,1H3,(H,29,32). The quantitative estimate of drug-likeness (QED) is 0.401. The van der Waals surface area contributed by atoms with Crippen LogP contribution in [0.25, 0.3) is 10.9 Å². The van der Waals surface area contributed by atoms with Crippen LogP contribution in [0.2, 0.25) is 0 Å². The summed E-state index contributed by atoms with van der Waals surface area (Å²) in [6, 6.07) is 25.4. The lowest BCUT2D eigenvalue weighted by atomic mass is 9.89. The van der Waals surface area contributed by atoms with E-state index in [0.717, 1.165) is 48.5 Å². The molecular weight excluding hydrogens is 396 g/mol. The summed E-state index contributed by atoms with van der Waals surface area (Å²) >= 11 is 0. The molecule has 0 aliphatic carbocycles. The number of nitrogens with one attached hydrogen (secondary N) is 2. The van der Waals surface area contributed by atoms with Gasteiger partial charge >= 0.3 is 6.03 Å². The second-order valence-electron chi connectivity index (χ2n) is 8.52. The maximum Gasteiger partial charge on any atom is 0.330 e. The summed E-state index contributed by atoms with van der Waals surface area (Å²) in [5.41, 5.74) is 4.92. The lowest BCUT2D eigenvalue weighted by molar-refractivity contribution is 0.256. The summed E-state index contributed by atoms with van der Waals surface area (Å²) < 4.78 is 0. The molecule has 1 fully saturated rings. The Morgan fingerprint density at radius 3 is 2.34 bits per heavy atom. The van der Waals surface area contributed by atoms with E-state index in [2.05, 4.69) is 40.6 Å².